The van der Waals surface area contributed by atoms with Gasteiger partial charge in [0.05, 0.1) is 5.60 Å². The van der Waals surface area contributed by atoms with E-state index in [1.54, 1.807) is 11.1 Å². The molecule has 1 nitrogen and oxygen atoms in total. The fraction of sp³-hybridized carbons (Fsp3) is 0.889. The smallest absolute Gasteiger partial charge is 0.192 e. The van der Waals surface area contributed by atoms with E-state index in [2.05, 4.69) is 47.7 Å². The molecule has 116 valence electrons. The Morgan fingerprint density at radius 1 is 1.20 bits per heavy atom. The molecule has 0 radical (unpaired) electrons. The van der Waals surface area contributed by atoms with Crippen molar-refractivity contribution in [3.05, 3.63) is 11.1 Å². The lowest BCUT2D eigenvalue weighted by Crippen LogP contribution is -2.51. The van der Waals surface area contributed by atoms with Crippen molar-refractivity contribution < 1.29 is 4.43 Å². The van der Waals surface area contributed by atoms with E-state index in [4.69, 9.17) is 4.43 Å². The summed E-state index contributed by atoms with van der Waals surface area (Å²) in [6, 6.07) is 0. The Hall–Kier alpha value is -0.0831. The number of hydrogen-bond donors (Lipinski definition) is 0. The maximum atomic E-state index is 6.95. The van der Waals surface area contributed by atoms with Gasteiger partial charge in [-0.3, -0.25) is 0 Å². The molecule has 0 aromatic rings. The zero-order valence-electron chi connectivity index (χ0n) is 14.7. The van der Waals surface area contributed by atoms with Crippen LogP contribution in [-0.2, 0) is 4.43 Å². The zero-order valence-corrected chi connectivity index (χ0v) is 15.7. The molecule has 0 aromatic carbocycles. The summed E-state index contributed by atoms with van der Waals surface area (Å²) >= 11 is 0. The van der Waals surface area contributed by atoms with E-state index >= 15 is 0 Å². The zero-order chi connectivity index (χ0) is 15.2. The second kappa shape index (κ2) is 5.28. The van der Waals surface area contributed by atoms with Crippen molar-refractivity contribution >= 4 is 8.32 Å². The van der Waals surface area contributed by atoms with Crippen LogP contribution in [0.25, 0.3) is 0 Å². The normalized spacial score (nSPS) is 32.2. The molecular formula is C18H34OSi. The van der Waals surface area contributed by atoms with E-state index in [0.717, 1.165) is 5.92 Å². The Labute approximate surface area is 127 Å². The molecular weight excluding hydrogens is 260 g/mol. The van der Waals surface area contributed by atoms with Crippen LogP contribution >= 0.6 is 0 Å². The number of allylic oxidation sites excluding steroid dienone is 2. The molecule has 2 heteroatoms. The largest absolute Gasteiger partial charge is 0.411 e. The van der Waals surface area contributed by atoms with Crippen molar-refractivity contribution in [1.29, 1.82) is 0 Å². The van der Waals surface area contributed by atoms with Gasteiger partial charge in [0.15, 0.2) is 8.32 Å². The summed E-state index contributed by atoms with van der Waals surface area (Å²) in [6.07, 6.45) is 7.82. The minimum atomic E-state index is -1.68. The van der Waals surface area contributed by atoms with Crippen molar-refractivity contribution in [2.24, 2.45) is 5.92 Å². The lowest BCUT2D eigenvalue weighted by atomic mass is 9.76. The standard InChI is InChI=1S/C18H34OSi/c1-14-10-11-16-13-15(14)9-8-12-18(16,5)19-20(6,7)17(2,3)4/h16H,8-13H2,1-7H3/t16-,18+/m1/s1. The predicted octanol–water partition coefficient (Wildman–Crippen LogP) is 6.07. The van der Waals surface area contributed by atoms with Crippen LogP contribution in [0, 0.1) is 5.92 Å². The summed E-state index contributed by atoms with van der Waals surface area (Å²) < 4.78 is 6.95. The monoisotopic (exact) mass is 294 g/mol. The van der Waals surface area contributed by atoms with Gasteiger partial charge in [-0.05, 0) is 76.4 Å². The Kier molecular flexibility index (Phi) is 4.30. The second-order valence-electron chi connectivity index (χ2n) is 8.85. The maximum absolute atomic E-state index is 6.95. The van der Waals surface area contributed by atoms with E-state index in [-0.39, 0.29) is 5.60 Å². The Morgan fingerprint density at radius 3 is 2.45 bits per heavy atom. The first-order valence-electron chi connectivity index (χ1n) is 8.43. The minimum absolute atomic E-state index is 0.117. The van der Waals surface area contributed by atoms with E-state index < -0.39 is 8.32 Å². The molecule has 20 heavy (non-hydrogen) atoms. The van der Waals surface area contributed by atoms with Gasteiger partial charge in [0.1, 0.15) is 0 Å². The summed E-state index contributed by atoms with van der Waals surface area (Å²) in [5, 5.41) is 0.311. The molecule has 0 saturated heterocycles. The van der Waals surface area contributed by atoms with Gasteiger partial charge in [-0.15, -0.1) is 0 Å². The van der Waals surface area contributed by atoms with Gasteiger partial charge in [0, 0.05) is 0 Å². The SMILES string of the molecule is CC1=C2CCC[C@](C)(O[Si](C)(C)C(C)(C)C)[C@H](CC1)C2. The average molecular weight is 295 g/mol. The van der Waals surface area contributed by atoms with Gasteiger partial charge in [-0.25, -0.2) is 0 Å². The van der Waals surface area contributed by atoms with Crippen LogP contribution in [0.3, 0.4) is 0 Å². The molecule has 0 aromatic heterocycles. The highest BCUT2D eigenvalue weighted by Gasteiger charge is 2.47. The quantitative estimate of drug-likeness (QED) is 0.444. The maximum Gasteiger partial charge on any atom is 0.192 e. The van der Waals surface area contributed by atoms with Crippen LogP contribution in [0.4, 0.5) is 0 Å². The molecule has 2 bridgehead atoms. The molecule has 2 aliphatic rings. The van der Waals surface area contributed by atoms with Crippen LogP contribution in [0.15, 0.2) is 11.1 Å². The number of fused-ring (bicyclic) bond motifs is 2. The van der Waals surface area contributed by atoms with Crippen LogP contribution in [-0.4, -0.2) is 13.9 Å². The first kappa shape index (κ1) is 16.3. The van der Waals surface area contributed by atoms with Gasteiger partial charge < -0.3 is 4.43 Å². The Bertz CT molecular complexity index is 402. The van der Waals surface area contributed by atoms with Crippen molar-refractivity contribution in [1.82, 2.24) is 0 Å². The van der Waals surface area contributed by atoms with Gasteiger partial charge in [0.2, 0.25) is 0 Å². The van der Waals surface area contributed by atoms with Crippen LogP contribution in [0.2, 0.25) is 18.1 Å². The molecule has 0 heterocycles. The topological polar surface area (TPSA) is 9.23 Å². The summed E-state index contributed by atoms with van der Waals surface area (Å²) in [7, 11) is -1.68. The van der Waals surface area contributed by atoms with Gasteiger partial charge in [-0.1, -0.05) is 31.9 Å². The van der Waals surface area contributed by atoms with E-state index in [1.807, 2.05) is 0 Å². The van der Waals surface area contributed by atoms with Crippen molar-refractivity contribution in [3.8, 4) is 0 Å². The highest BCUT2D eigenvalue weighted by Crippen LogP contribution is 2.48. The average Bonchev–Trinajstić information content (AvgIpc) is 2.41. The summed E-state index contributed by atoms with van der Waals surface area (Å²) in [6.45, 7) is 16.7. The lowest BCUT2D eigenvalue weighted by molar-refractivity contribution is 0.00241. The predicted molar refractivity (Wildman–Crippen MR) is 90.6 cm³/mol. The highest BCUT2D eigenvalue weighted by atomic mass is 28.4. The molecule has 0 spiro atoms. The van der Waals surface area contributed by atoms with E-state index in [0.29, 0.717) is 5.04 Å². The lowest BCUT2D eigenvalue weighted by Gasteiger charge is -2.48. The van der Waals surface area contributed by atoms with Gasteiger partial charge in [-0.2, -0.15) is 0 Å². The second-order valence-corrected chi connectivity index (χ2v) is 13.6. The van der Waals surface area contributed by atoms with Crippen molar-refractivity contribution in [3.63, 3.8) is 0 Å². The molecule has 1 fully saturated rings. The molecule has 2 aliphatic carbocycles. The first-order chi connectivity index (χ1) is 9.05. The Balaban J connectivity index is 2.22. The third-order valence-corrected chi connectivity index (χ3v) is 10.9. The van der Waals surface area contributed by atoms with Crippen LogP contribution < -0.4 is 0 Å². The fourth-order valence-corrected chi connectivity index (χ4v) is 5.45. The molecule has 0 unspecified atom stereocenters. The third kappa shape index (κ3) is 3.06. The summed E-state index contributed by atoms with van der Waals surface area (Å²) in [4.78, 5) is 0. The van der Waals surface area contributed by atoms with Crippen molar-refractivity contribution in [2.75, 3.05) is 0 Å². The molecule has 0 amide bonds. The molecule has 1 saturated carbocycles. The van der Waals surface area contributed by atoms with Crippen molar-refractivity contribution in [2.45, 2.75) is 96.9 Å². The molecule has 2 rings (SSSR count). The minimum Gasteiger partial charge on any atom is -0.411 e. The summed E-state index contributed by atoms with van der Waals surface area (Å²) in [5.41, 5.74) is 3.55. The number of hydrogen-bond acceptors (Lipinski definition) is 1. The highest BCUT2D eigenvalue weighted by molar-refractivity contribution is 6.74. The van der Waals surface area contributed by atoms with Crippen LogP contribution in [0.1, 0.15) is 73.1 Å². The van der Waals surface area contributed by atoms with E-state index in [9.17, 15) is 0 Å². The Morgan fingerprint density at radius 2 is 1.85 bits per heavy atom. The fourth-order valence-electron chi connectivity index (χ4n) is 3.71. The van der Waals surface area contributed by atoms with Gasteiger partial charge in [0.25, 0.3) is 0 Å². The molecule has 0 N–H and O–H groups in total. The van der Waals surface area contributed by atoms with Gasteiger partial charge >= 0.3 is 0 Å². The third-order valence-electron chi connectivity index (χ3n) is 6.27. The van der Waals surface area contributed by atoms with Crippen LogP contribution in [0.5, 0.6) is 0 Å². The molecule has 0 aliphatic heterocycles. The summed E-state index contributed by atoms with van der Waals surface area (Å²) in [5.74, 6) is 0.748. The molecule has 2 atom stereocenters. The first-order valence-corrected chi connectivity index (χ1v) is 11.3. The number of rotatable bonds is 2. The van der Waals surface area contributed by atoms with E-state index in [1.165, 1.54) is 38.5 Å².